The Morgan fingerprint density at radius 1 is 1.12 bits per heavy atom. The molecular formula is C21H40O3. The van der Waals surface area contributed by atoms with Crippen LogP contribution in [-0.4, -0.2) is 23.3 Å². The first-order valence-electron chi connectivity index (χ1n) is 9.85. The van der Waals surface area contributed by atoms with Crippen LogP contribution < -0.4 is 0 Å². The molecule has 1 fully saturated rings. The van der Waals surface area contributed by atoms with Crippen molar-refractivity contribution in [1.29, 1.82) is 0 Å². The molecule has 0 saturated heterocycles. The Labute approximate surface area is 149 Å². The van der Waals surface area contributed by atoms with Gasteiger partial charge in [0.15, 0.2) is 0 Å². The molecule has 0 aromatic carbocycles. The average molecular weight is 341 g/mol. The molecule has 1 N–H and O–H groups in total. The van der Waals surface area contributed by atoms with Gasteiger partial charge in [-0.25, -0.2) is 0 Å². The Morgan fingerprint density at radius 2 is 1.67 bits per heavy atom. The van der Waals surface area contributed by atoms with Gasteiger partial charge < -0.3 is 9.84 Å². The van der Waals surface area contributed by atoms with E-state index >= 15 is 0 Å². The van der Waals surface area contributed by atoms with Crippen molar-refractivity contribution in [2.45, 2.75) is 99.0 Å². The normalized spacial score (nSPS) is 20.4. The van der Waals surface area contributed by atoms with E-state index < -0.39 is 5.41 Å². The number of carbonyl (C=O) groups excluding carboxylic acids is 1. The first-order chi connectivity index (χ1) is 11.0. The van der Waals surface area contributed by atoms with Crippen molar-refractivity contribution in [1.82, 2.24) is 0 Å². The van der Waals surface area contributed by atoms with Crippen LogP contribution >= 0.6 is 0 Å². The van der Waals surface area contributed by atoms with E-state index in [1.165, 1.54) is 0 Å². The molecule has 0 bridgehead atoms. The van der Waals surface area contributed by atoms with Gasteiger partial charge in [0.25, 0.3) is 0 Å². The van der Waals surface area contributed by atoms with E-state index in [0.717, 1.165) is 32.1 Å². The molecule has 0 aliphatic heterocycles. The van der Waals surface area contributed by atoms with Gasteiger partial charge in [0, 0.05) is 12.0 Å². The minimum Gasteiger partial charge on any atom is -0.458 e. The second-order valence-electron chi connectivity index (χ2n) is 9.58. The predicted octanol–water partition coefficient (Wildman–Crippen LogP) is 5.35. The Morgan fingerprint density at radius 3 is 2.04 bits per heavy atom. The van der Waals surface area contributed by atoms with Gasteiger partial charge in [0.1, 0.15) is 5.60 Å². The van der Waals surface area contributed by atoms with Crippen LogP contribution in [0, 0.1) is 22.7 Å². The van der Waals surface area contributed by atoms with Gasteiger partial charge in [0.05, 0.1) is 5.41 Å². The molecule has 1 rings (SSSR count). The fraction of sp³-hybridized carbons (Fsp3) is 0.952. The molecule has 1 unspecified atom stereocenters. The Bertz CT molecular complexity index is 400. The maximum absolute atomic E-state index is 13.5. The third kappa shape index (κ3) is 4.53. The minimum atomic E-state index is -0.488. The molecule has 1 saturated carbocycles. The summed E-state index contributed by atoms with van der Waals surface area (Å²) in [6.07, 6.45) is 6.40. The molecule has 0 aromatic heterocycles. The summed E-state index contributed by atoms with van der Waals surface area (Å²) in [5.74, 6) is 0.599. The number of aliphatic hydroxyl groups excluding tert-OH is 1. The van der Waals surface area contributed by atoms with Gasteiger partial charge in [-0.3, -0.25) is 4.79 Å². The molecule has 0 radical (unpaired) electrons. The number of hydrogen-bond donors (Lipinski definition) is 1. The molecule has 0 spiro atoms. The lowest BCUT2D eigenvalue weighted by atomic mass is 9.68. The highest BCUT2D eigenvalue weighted by Gasteiger charge is 2.51. The van der Waals surface area contributed by atoms with Gasteiger partial charge in [-0.05, 0) is 56.8 Å². The van der Waals surface area contributed by atoms with Gasteiger partial charge >= 0.3 is 5.97 Å². The van der Waals surface area contributed by atoms with Gasteiger partial charge in [-0.1, -0.05) is 48.5 Å². The Balaban J connectivity index is 3.14. The predicted molar refractivity (Wildman–Crippen MR) is 99.8 cm³/mol. The largest absolute Gasteiger partial charge is 0.458 e. The number of rotatable bonds is 8. The zero-order valence-corrected chi connectivity index (χ0v) is 17.1. The molecule has 142 valence electrons. The average Bonchev–Trinajstić information content (AvgIpc) is 2.92. The summed E-state index contributed by atoms with van der Waals surface area (Å²) in [4.78, 5) is 13.5. The Hall–Kier alpha value is -0.570. The molecular weight excluding hydrogens is 300 g/mol. The van der Waals surface area contributed by atoms with Crippen molar-refractivity contribution < 1.29 is 14.6 Å². The van der Waals surface area contributed by atoms with E-state index in [2.05, 4.69) is 48.5 Å². The van der Waals surface area contributed by atoms with E-state index in [1.54, 1.807) is 0 Å². The van der Waals surface area contributed by atoms with E-state index in [1.807, 2.05) is 0 Å². The number of aliphatic hydroxyl groups is 1. The molecule has 0 amide bonds. The number of ether oxygens (including phenoxy) is 1. The van der Waals surface area contributed by atoms with Gasteiger partial charge in [-0.2, -0.15) is 0 Å². The summed E-state index contributed by atoms with van der Waals surface area (Å²) in [5.41, 5.74) is -0.866. The molecule has 1 aliphatic rings. The van der Waals surface area contributed by atoms with Crippen molar-refractivity contribution in [3.05, 3.63) is 0 Å². The number of esters is 1. The van der Waals surface area contributed by atoms with Crippen LogP contribution in [0.3, 0.4) is 0 Å². The van der Waals surface area contributed by atoms with Gasteiger partial charge in [0.2, 0.25) is 0 Å². The summed E-state index contributed by atoms with van der Waals surface area (Å²) < 4.78 is 6.37. The van der Waals surface area contributed by atoms with Crippen molar-refractivity contribution in [2.24, 2.45) is 22.7 Å². The van der Waals surface area contributed by atoms with Crippen LogP contribution in [0.1, 0.15) is 93.4 Å². The summed E-state index contributed by atoms with van der Waals surface area (Å²) in [7, 11) is 0. The van der Waals surface area contributed by atoms with Crippen molar-refractivity contribution >= 4 is 5.97 Å². The molecule has 0 heterocycles. The zero-order chi connectivity index (χ0) is 18.6. The van der Waals surface area contributed by atoms with Crippen LogP contribution in [0.2, 0.25) is 0 Å². The van der Waals surface area contributed by atoms with E-state index in [-0.39, 0.29) is 29.5 Å². The minimum absolute atomic E-state index is 0.0310. The fourth-order valence-electron chi connectivity index (χ4n) is 4.40. The highest BCUT2D eigenvalue weighted by atomic mass is 16.6. The smallest absolute Gasteiger partial charge is 0.312 e. The number of hydrogen-bond acceptors (Lipinski definition) is 3. The first-order valence-corrected chi connectivity index (χ1v) is 9.85. The molecule has 0 aromatic rings. The lowest BCUT2D eigenvalue weighted by Gasteiger charge is -2.45. The van der Waals surface area contributed by atoms with Crippen molar-refractivity contribution in [3.63, 3.8) is 0 Å². The lowest BCUT2D eigenvalue weighted by Crippen LogP contribution is -2.49. The molecule has 3 heteroatoms. The third-order valence-corrected chi connectivity index (χ3v) is 6.13. The van der Waals surface area contributed by atoms with E-state index in [0.29, 0.717) is 18.8 Å². The second-order valence-corrected chi connectivity index (χ2v) is 9.58. The first kappa shape index (κ1) is 21.5. The molecule has 1 atom stereocenters. The summed E-state index contributed by atoms with van der Waals surface area (Å²) in [6.45, 7) is 15.3. The lowest BCUT2D eigenvalue weighted by molar-refractivity contribution is -0.190. The SMILES string of the molecule is CC(C)CC(CCCO)(C(=O)OC1(C(C)(C)C)CCCC1)C(C)C. The maximum Gasteiger partial charge on any atom is 0.312 e. The summed E-state index contributed by atoms with van der Waals surface area (Å²) in [5, 5.41) is 9.34. The zero-order valence-electron chi connectivity index (χ0n) is 17.1. The third-order valence-electron chi connectivity index (χ3n) is 6.13. The fourth-order valence-corrected chi connectivity index (χ4v) is 4.40. The quantitative estimate of drug-likeness (QED) is 0.606. The van der Waals surface area contributed by atoms with Crippen LogP contribution in [0.5, 0.6) is 0 Å². The van der Waals surface area contributed by atoms with Crippen molar-refractivity contribution in [2.75, 3.05) is 6.61 Å². The maximum atomic E-state index is 13.5. The molecule has 24 heavy (non-hydrogen) atoms. The monoisotopic (exact) mass is 340 g/mol. The van der Waals surface area contributed by atoms with Crippen LogP contribution in [0.4, 0.5) is 0 Å². The number of carbonyl (C=O) groups is 1. The van der Waals surface area contributed by atoms with E-state index in [4.69, 9.17) is 4.74 Å². The standard InChI is InChI=1S/C21H40O3/c1-16(2)15-20(17(3)4,11-10-14-22)18(23)24-21(19(5,6)7)12-8-9-13-21/h16-17,22H,8-15H2,1-7H3. The molecule has 3 nitrogen and oxygen atoms in total. The van der Waals surface area contributed by atoms with E-state index in [9.17, 15) is 9.90 Å². The Kier molecular flexibility index (Phi) is 7.34. The van der Waals surface area contributed by atoms with Crippen LogP contribution in [0.25, 0.3) is 0 Å². The second kappa shape index (κ2) is 8.21. The highest BCUT2D eigenvalue weighted by molar-refractivity contribution is 5.77. The van der Waals surface area contributed by atoms with Gasteiger partial charge in [-0.15, -0.1) is 0 Å². The topological polar surface area (TPSA) is 46.5 Å². The summed E-state index contributed by atoms with van der Waals surface area (Å²) >= 11 is 0. The van der Waals surface area contributed by atoms with Crippen LogP contribution in [-0.2, 0) is 9.53 Å². The highest BCUT2D eigenvalue weighted by Crippen LogP contribution is 2.49. The van der Waals surface area contributed by atoms with Crippen LogP contribution in [0.15, 0.2) is 0 Å². The summed E-state index contributed by atoms with van der Waals surface area (Å²) in [6, 6.07) is 0. The van der Waals surface area contributed by atoms with Crippen molar-refractivity contribution in [3.8, 4) is 0 Å². The molecule has 1 aliphatic carbocycles.